The highest BCUT2D eigenvalue weighted by Crippen LogP contribution is 2.24. The Kier molecular flexibility index (Phi) is 7.32. The lowest BCUT2D eigenvalue weighted by molar-refractivity contribution is 0.0466. The summed E-state index contributed by atoms with van der Waals surface area (Å²) in [4.78, 5) is 12.8. The third-order valence-electron chi connectivity index (χ3n) is 3.33. The summed E-state index contributed by atoms with van der Waals surface area (Å²) >= 11 is 7.08. The van der Waals surface area contributed by atoms with Crippen LogP contribution in [-0.2, 0) is 20.6 Å². The van der Waals surface area contributed by atoms with E-state index in [-0.39, 0.29) is 22.7 Å². The molecule has 25 heavy (non-hydrogen) atoms. The molecule has 0 aliphatic carbocycles. The van der Waals surface area contributed by atoms with E-state index < -0.39 is 27.8 Å². The first kappa shape index (κ1) is 22.2. The van der Waals surface area contributed by atoms with E-state index >= 15 is 0 Å². The summed E-state index contributed by atoms with van der Waals surface area (Å²) in [5.74, 6) is 0.132. The van der Waals surface area contributed by atoms with Crippen LogP contribution < -0.4 is 10.0 Å². The minimum absolute atomic E-state index is 0.0443. The Labute approximate surface area is 159 Å². The lowest BCUT2D eigenvalue weighted by Gasteiger charge is -2.32. The van der Waals surface area contributed by atoms with E-state index in [9.17, 15) is 13.2 Å². The molecule has 0 fully saturated rings. The van der Waals surface area contributed by atoms with Crippen molar-refractivity contribution >= 4 is 39.1 Å². The zero-order valence-corrected chi connectivity index (χ0v) is 17.9. The fourth-order valence-corrected chi connectivity index (χ4v) is 4.71. The van der Waals surface area contributed by atoms with Gasteiger partial charge in [-0.1, -0.05) is 20.8 Å². The molecule has 2 N–H and O–H groups in total. The monoisotopic (exact) mass is 410 g/mol. The Morgan fingerprint density at radius 3 is 2.36 bits per heavy atom. The largest absolute Gasteiger partial charge is 0.444 e. The maximum atomic E-state index is 12.5. The van der Waals surface area contributed by atoms with Crippen molar-refractivity contribution in [3.63, 3.8) is 0 Å². The zero-order chi connectivity index (χ0) is 19.5. The van der Waals surface area contributed by atoms with E-state index in [2.05, 4.69) is 10.0 Å². The van der Waals surface area contributed by atoms with Gasteiger partial charge in [-0.3, -0.25) is 0 Å². The van der Waals surface area contributed by atoms with Crippen LogP contribution in [0, 0.1) is 5.41 Å². The molecular weight excluding hydrogens is 384 g/mol. The van der Waals surface area contributed by atoms with E-state index in [0.29, 0.717) is 4.88 Å². The van der Waals surface area contributed by atoms with Crippen LogP contribution >= 0.6 is 22.9 Å². The van der Waals surface area contributed by atoms with Gasteiger partial charge in [0.15, 0.2) is 0 Å². The molecule has 0 radical (unpaired) electrons. The predicted octanol–water partition coefficient (Wildman–Crippen LogP) is 3.70. The van der Waals surface area contributed by atoms with Gasteiger partial charge in [-0.05, 0) is 37.6 Å². The molecule has 0 aliphatic rings. The molecule has 0 spiro atoms. The third-order valence-corrected chi connectivity index (χ3v) is 6.31. The number of alkyl halides is 1. The standard InChI is InChI=1S/C16H27ClN2O4S2/c1-15(2,3)13(19-14(20)23-16(4,5)6)10-18-25(21,22)12-7-8-24-11(12)9-17/h7-8,13,18H,9-10H2,1-6H3,(H,19,20)/t13-/m1/s1. The normalized spacial score (nSPS) is 14.2. The third kappa shape index (κ3) is 7.13. The fraction of sp³-hybridized carbons (Fsp3) is 0.688. The van der Waals surface area contributed by atoms with Gasteiger partial charge >= 0.3 is 6.09 Å². The van der Waals surface area contributed by atoms with Gasteiger partial charge in [0.1, 0.15) is 5.60 Å². The number of nitrogens with one attached hydrogen (secondary N) is 2. The van der Waals surface area contributed by atoms with E-state index in [1.54, 1.807) is 26.2 Å². The summed E-state index contributed by atoms with van der Waals surface area (Å²) in [6.45, 7) is 11.1. The number of carbonyl (C=O) groups excluding carboxylic acids is 1. The van der Waals surface area contributed by atoms with Crippen LogP contribution in [0.5, 0.6) is 0 Å². The van der Waals surface area contributed by atoms with Crippen LogP contribution in [0.25, 0.3) is 0 Å². The van der Waals surface area contributed by atoms with Gasteiger partial charge in [-0.15, -0.1) is 22.9 Å². The number of rotatable bonds is 6. The molecule has 1 rings (SSSR count). The summed E-state index contributed by atoms with van der Waals surface area (Å²) in [5.41, 5.74) is -0.999. The van der Waals surface area contributed by atoms with Crippen molar-refractivity contribution in [2.24, 2.45) is 5.41 Å². The molecule has 1 heterocycles. The molecule has 144 valence electrons. The molecule has 0 unspecified atom stereocenters. The van der Waals surface area contributed by atoms with Gasteiger partial charge in [0.2, 0.25) is 10.0 Å². The number of hydrogen-bond acceptors (Lipinski definition) is 5. The van der Waals surface area contributed by atoms with Gasteiger partial charge in [-0.2, -0.15) is 0 Å². The molecule has 6 nitrogen and oxygen atoms in total. The maximum absolute atomic E-state index is 12.5. The number of alkyl carbamates (subject to hydrolysis) is 1. The number of thiophene rings is 1. The van der Waals surface area contributed by atoms with E-state index in [0.717, 1.165) is 0 Å². The Morgan fingerprint density at radius 2 is 1.88 bits per heavy atom. The molecule has 0 saturated heterocycles. The summed E-state index contributed by atoms with van der Waals surface area (Å²) < 4.78 is 32.8. The minimum Gasteiger partial charge on any atom is -0.444 e. The Bertz CT molecular complexity index is 688. The fourth-order valence-electron chi connectivity index (χ4n) is 1.96. The quantitative estimate of drug-likeness (QED) is 0.700. The van der Waals surface area contributed by atoms with E-state index in [1.165, 1.54) is 17.4 Å². The van der Waals surface area contributed by atoms with Crippen molar-refractivity contribution in [3.05, 3.63) is 16.3 Å². The van der Waals surface area contributed by atoms with Crippen molar-refractivity contribution in [1.29, 1.82) is 0 Å². The van der Waals surface area contributed by atoms with Crippen LogP contribution in [0.3, 0.4) is 0 Å². The van der Waals surface area contributed by atoms with Crippen molar-refractivity contribution in [2.45, 2.75) is 64.0 Å². The summed E-state index contributed by atoms with van der Waals surface area (Å²) in [6.07, 6.45) is -0.580. The smallest absolute Gasteiger partial charge is 0.407 e. The Balaban J connectivity index is 2.85. The minimum atomic E-state index is -3.70. The molecule has 1 atom stereocenters. The highest BCUT2D eigenvalue weighted by molar-refractivity contribution is 7.89. The first-order valence-electron chi connectivity index (χ1n) is 7.88. The molecular formula is C16H27ClN2O4S2. The number of sulfonamides is 1. The van der Waals surface area contributed by atoms with Crippen LogP contribution in [-0.4, -0.2) is 32.7 Å². The first-order valence-corrected chi connectivity index (χ1v) is 10.8. The zero-order valence-electron chi connectivity index (χ0n) is 15.5. The Morgan fingerprint density at radius 1 is 1.28 bits per heavy atom. The van der Waals surface area contributed by atoms with Gasteiger partial charge in [0.05, 0.1) is 16.8 Å². The van der Waals surface area contributed by atoms with Crippen molar-refractivity contribution in [2.75, 3.05) is 6.54 Å². The highest BCUT2D eigenvalue weighted by Gasteiger charge is 2.30. The Hall–Kier alpha value is -0.830. The van der Waals surface area contributed by atoms with Gasteiger partial charge in [0.25, 0.3) is 0 Å². The first-order chi connectivity index (χ1) is 11.3. The lowest BCUT2D eigenvalue weighted by Crippen LogP contribution is -2.51. The second-order valence-electron chi connectivity index (χ2n) is 7.76. The SMILES string of the molecule is CC(C)(C)OC(=O)N[C@H](CNS(=O)(=O)c1ccsc1CCl)C(C)(C)C. The number of amides is 1. The lowest BCUT2D eigenvalue weighted by atomic mass is 9.87. The predicted molar refractivity (Wildman–Crippen MR) is 102 cm³/mol. The molecule has 0 saturated carbocycles. The van der Waals surface area contributed by atoms with E-state index in [4.69, 9.17) is 16.3 Å². The molecule has 1 amide bonds. The van der Waals surface area contributed by atoms with E-state index in [1.807, 2.05) is 20.8 Å². The van der Waals surface area contributed by atoms with Crippen molar-refractivity contribution < 1.29 is 17.9 Å². The number of halogens is 1. The average molecular weight is 411 g/mol. The molecule has 0 aromatic carbocycles. The molecule has 0 aliphatic heterocycles. The average Bonchev–Trinajstić information content (AvgIpc) is 2.89. The second kappa shape index (κ2) is 8.24. The van der Waals surface area contributed by atoms with Gasteiger partial charge in [0, 0.05) is 11.4 Å². The van der Waals surface area contributed by atoms with Crippen LogP contribution in [0.4, 0.5) is 4.79 Å². The molecule has 1 aromatic rings. The highest BCUT2D eigenvalue weighted by atomic mass is 35.5. The van der Waals surface area contributed by atoms with Crippen LogP contribution in [0.15, 0.2) is 16.3 Å². The maximum Gasteiger partial charge on any atom is 0.407 e. The second-order valence-corrected chi connectivity index (χ2v) is 10.8. The van der Waals surface area contributed by atoms with Crippen LogP contribution in [0.2, 0.25) is 0 Å². The number of ether oxygens (including phenoxy) is 1. The van der Waals surface area contributed by atoms with Gasteiger partial charge in [-0.25, -0.2) is 17.9 Å². The molecule has 9 heteroatoms. The van der Waals surface area contributed by atoms with Crippen molar-refractivity contribution in [3.8, 4) is 0 Å². The molecule has 0 bridgehead atoms. The topological polar surface area (TPSA) is 84.5 Å². The van der Waals surface area contributed by atoms with Crippen molar-refractivity contribution in [1.82, 2.24) is 10.0 Å². The number of carbonyl (C=O) groups is 1. The summed E-state index contributed by atoms with van der Waals surface area (Å²) in [7, 11) is -3.70. The summed E-state index contributed by atoms with van der Waals surface area (Å²) in [6, 6.07) is 1.08. The van der Waals surface area contributed by atoms with Gasteiger partial charge < -0.3 is 10.1 Å². The summed E-state index contributed by atoms with van der Waals surface area (Å²) in [5, 5.41) is 4.44. The number of hydrogen-bond donors (Lipinski definition) is 2. The van der Waals surface area contributed by atoms with Crippen LogP contribution in [0.1, 0.15) is 46.4 Å². The molecule has 1 aromatic heterocycles.